The van der Waals surface area contributed by atoms with Gasteiger partial charge in [0.25, 0.3) is 0 Å². The molecule has 0 aliphatic carbocycles. The summed E-state index contributed by atoms with van der Waals surface area (Å²) in [7, 11) is 0. The van der Waals surface area contributed by atoms with E-state index in [1.165, 1.54) is 0 Å². The third-order valence-corrected chi connectivity index (χ3v) is 6.15. The van der Waals surface area contributed by atoms with Crippen molar-refractivity contribution in [2.75, 3.05) is 13.1 Å². The van der Waals surface area contributed by atoms with Crippen molar-refractivity contribution in [3.63, 3.8) is 0 Å². The summed E-state index contributed by atoms with van der Waals surface area (Å²) in [5.74, 6) is -0.0000870. The Balaban J connectivity index is 1.56. The molecule has 3 heterocycles. The normalized spacial score (nSPS) is 18.0. The number of benzene rings is 1. The van der Waals surface area contributed by atoms with Gasteiger partial charge in [0.1, 0.15) is 6.54 Å². The summed E-state index contributed by atoms with van der Waals surface area (Å²) in [5.41, 5.74) is 3.63. The minimum atomic E-state index is -0.656. The molecule has 1 atom stereocenters. The van der Waals surface area contributed by atoms with Crippen LogP contribution in [-0.4, -0.2) is 50.6 Å². The van der Waals surface area contributed by atoms with E-state index in [0.29, 0.717) is 25.9 Å². The van der Waals surface area contributed by atoms with E-state index in [2.05, 4.69) is 33.6 Å². The van der Waals surface area contributed by atoms with Crippen LogP contribution in [-0.2, 0) is 22.6 Å². The van der Waals surface area contributed by atoms with E-state index in [9.17, 15) is 9.59 Å². The topological polar surface area (TPSA) is 80.1 Å². The molecule has 7 heteroatoms. The predicted octanol–water partition coefficient (Wildman–Crippen LogP) is 3.24. The first-order valence-electron chi connectivity index (χ1n) is 11.4. The number of hydrogen-bond donors (Lipinski definition) is 1. The van der Waals surface area contributed by atoms with Gasteiger partial charge in [-0.1, -0.05) is 24.3 Å². The van der Waals surface area contributed by atoms with Crippen LogP contribution in [0.2, 0.25) is 0 Å². The van der Waals surface area contributed by atoms with E-state index in [1.54, 1.807) is 23.3 Å². The summed E-state index contributed by atoms with van der Waals surface area (Å²) in [5, 5.41) is 7.33. The molecule has 1 saturated heterocycles. The van der Waals surface area contributed by atoms with Crippen molar-refractivity contribution in [1.82, 2.24) is 25.0 Å². The number of likely N-dealkylation sites (tertiary alicyclic amines) is 1. The SMILES string of the molecule is Cc1cnn(CC(=O)N2CC[C@](Cc3cccc(-c4ccncc4)c3)(C(=O)NC(C)C)C2)c1. The van der Waals surface area contributed by atoms with Crippen molar-refractivity contribution in [2.24, 2.45) is 5.41 Å². The van der Waals surface area contributed by atoms with Crippen LogP contribution in [0.25, 0.3) is 11.1 Å². The van der Waals surface area contributed by atoms with Crippen LogP contribution in [0.1, 0.15) is 31.4 Å². The van der Waals surface area contributed by atoms with Crippen molar-refractivity contribution in [1.29, 1.82) is 0 Å². The lowest BCUT2D eigenvalue weighted by molar-refractivity contribution is -0.134. The highest BCUT2D eigenvalue weighted by molar-refractivity contribution is 5.86. The van der Waals surface area contributed by atoms with Gasteiger partial charge in [-0.25, -0.2) is 0 Å². The first-order valence-corrected chi connectivity index (χ1v) is 11.4. The third kappa shape index (κ3) is 5.30. The molecule has 7 nitrogen and oxygen atoms in total. The quantitative estimate of drug-likeness (QED) is 0.606. The number of nitrogens with one attached hydrogen (secondary N) is 1. The van der Waals surface area contributed by atoms with Gasteiger partial charge >= 0.3 is 0 Å². The molecule has 4 rings (SSSR count). The molecular formula is C26H31N5O2. The highest BCUT2D eigenvalue weighted by atomic mass is 16.2. The smallest absolute Gasteiger partial charge is 0.244 e. The first kappa shape index (κ1) is 22.7. The second-order valence-corrected chi connectivity index (χ2v) is 9.30. The summed E-state index contributed by atoms with van der Waals surface area (Å²) in [6.45, 7) is 7.04. The number of aromatic nitrogens is 3. The molecule has 1 fully saturated rings. The van der Waals surface area contributed by atoms with Crippen LogP contribution >= 0.6 is 0 Å². The number of nitrogens with zero attached hydrogens (tertiary/aromatic N) is 4. The lowest BCUT2D eigenvalue weighted by Gasteiger charge is -2.29. The number of carbonyl (C=O) groups is 2. The van der Waals surface area contributed by atoms with E-state index >= 15 is 0 Å². The van der Waals surface area contributed by atoms with Crippen LogP contribution < -0.4 is 5.32 Å². The standard InChI is InChI=1S/C26H31N5O2/c1-19(2)29-25(33)26(9-12-30(18-26)24(32)17-31-16-20(3)15-28-31)14-21-5-4-6-23(13-21)22-7-10-27-11-8-22/h4-8,10-11,13,15-16,19H,9,12,14,17-18H2,1-3H3,(H,29,33)/t26-/m1/s1. The minimum absolute atomic E-state index is 0.0112. The fraction of sp³-hybridized carbons (Fsp3) is 0.385. The molecule has 1 aliphatic heterocycles. The molecule has 1 aromatic carbocycles. The fourth-order valence-corrected chi connectivity index (χ4v) is 4.50. The summed E-state index contributed by atoms with van der Waals surface area (Å²) in [6.07, 6.45) is 8.37. The molecule has 2 aromatic heterocycles. The Bertz CT molecular complexity index is 1120. The molecule has 1 N–H and O–H groups in total. The maximum Gasteiger partial charge on any atom is 0.244 e. The van der Waals surface area contributed by atoms with Crippen LogP contribution in [0.5, 0.6) is 0 Å². The molecule has 0 radical (unpaired) electrons. The monoisotopic (exact) mass is 445 g/mol. The van der Waals surface area contributed by atoms with Gasteiger partial charge in [-0.2, -0.15) is 5.10 Å². The van der Waals surface area contributed by atoms with Gasteiger partial charge in [-0.05, 0) is 68.0 Å². The first-order chi connectivity index (χ1) is 15.8. The maximum atomic E-state index is 13.4. The molecule has 0 bridgehead atoms. The number of rotatable bonds is 7. The Hall–Kier alpha value is -3.48. The van der Waals surface area contributed by atoms with Crippen molar-refractivity contribution in [3.8, 4) is 11.1 Å². The Morgan fingerprint density at radius 1 is 1.15 bits per heavy atom. The van der Waals surface area contributed by atoms with E-state index in [-0.39, 0.29) is 24.4 Å². The van der Waals surface area contributed by atoms with Gasteiger partial charge < -0.3 is 10.2 Å². The lowest BCUT2D eigenvalue weighted by Crippen LogP contribution is -2.47. The van der Waals surface area contributed by atoms with Crippen molar-refractivity contribution in [2.45, 2.75) is 46.2 Å². The van der Waals surface area contributed by atoms with Gasteiger partial charge in [0.05, 0.1) is 11.6 Å². The number of aryl methyl sites for hydroxylation is 1. The Morgan fingerprint density at radius 3 is 2.64 bits per heavy atom. The fourth-order valence-electron chi connectivity index (χ4n) is 4.50. The number of carbonyl (C=O) groups excluding carboxylic acids is 2. The zero-order chi connectivity index (χ0) is 23.4. The van der Waals surface area contributed by atoms with Crippen LogP contribution in [0.3, 0.4) is 0 Å². The Labute approximate surface area is 194 Å². The second-order valence-electron chi connectivity index (χ2n) is 9.30. The third-order valence-electron chi connectivity index (χ3n) is 6.15. The largest absolute Gasteiger partial charge is 0.353 e. The Morgan fingerprint density at radius 2 is 1.94 bits per heavy atom. The molecule has 2 amide bonds. The van der Waals surface area contributed by atoms with Crippen molar-refractivity contribution >= 4 is 11.8 Å². The molecule has 0 spiro atoms. The molecule has 33 heavy (non-hydrogen) atoms. The maximum absolute atomic E-state index is 13.4. The number of pyridine rings is 1. The highest BCUT2D eigenvalue weighted by Gasteiger charge is 2.46. The van der Waals surface area contributed by atoms with Crippen LogP contribution in [0.15, 0.2) is 61.2 Å². The molecular weight excluding hydrogens is 414 g/mol. The molecule has 172 valence electrons. The minimum Gasteiger partial charge on any atom is -0.353 e. The van der Waals surface area contributed by atoms with E-state index in [1.807, 2.05) is 50.1 Å². The lowest BCUT2D eigenvalue weighted by atomic mass is 9.79. The van der Waals surface area contributed by atoms with Gasteiger partial charge in [0.2, 0.25) is 11.8 Å². The number of hydrogen-bond acceptors (Lipinski definition) is 4. The zero-order valence-corrected chi connectivity index (χ0v) is 19.5. The summed E-state index contributed by atoms with van der Waals surface area (Å²) in [4.78, 5) is 32.3. The molecule has 0 saturated carbocycles. The second kappa shape index (κ2) is 9.57. The zero-order valence-electron chi connectivity index (χ0n) is 19.5. The van der Waals surface area contributed by atoms with Crippen molar-refractivity contribution < 1.29 is 9.59 Å². The molecule has 1 aliphatic rings. The Kier molecular flexibility index (Phi) is 6.58. The van der Waals surface area contributed by atoms with Gasteiger partial charge in [0, 0.05) is 37.7 Å². The average molecular weight is 446 g/mol. The van der Waals surface area contributed by atoms with Crippen LogP contribution in [0.4, 0.5) is 0 Å². The average Bonchev–Trinajstić information content (AvgIpc) is 3.41. The highest BCUT2D eigenvalue weighted by Crippen LogP contribution is 2.36. The van der Waals surface area contributed by atoms with E-state index in [0.717, 1.165) is 22.3 Å². The van der Waals surface area contributed by atoms with Crippen LogP contribution in [0, 0.1) is 12.3 Å². The molecule has 0 unspecified atom stereocenters. The summed E-state index contributed by atoms with van der Waals surface area (Å²) >= 11 is 0. The molecule has 3 aromatic rings. The van der Waals surface area contributed by atoms with Gasteiger partial charge in [-0.15, -0.1) is 0 Å². The van der Waals surface area contributed by atoms with E-state index in [4.69, 9.17) is 0 Å². The summed E-state index contributed by atoms with van der Waals surface area (Å²) in [6, 6.07) is 12.3. The van der Waals surface area contributed by atoms with E-state index < -0.39 is 5.41 Å². The van der Waals surface area contributed by atoms with Gasteiger partial charge in [0.15, 0.2) is 0 Å². The number of amides is 2. The van der Waals surface area contributed by atoms with Gasteiger partial charge in [-0.3, -0.25) is 19.3 Å². The predicted molar refractivity (Wildman–Crippen MR) is 127 cm³/mol. The van der Waals surface area contributed by atoms with Crippen molar-refractivity contribution in [3.05, 3.63) is 72.3 Å². The summed E-state index contributed by atoms with van der Waals surface area (Å²) < 4.78 is 1.66.